The SMILES string of the molecule is CC(C)(C)c1ccc(-c2ccc(C(C)(C)C)cc2C2(O)c3ccccc3-c3cccc(N(C4=CCC(C)(c5ccccc5)C=C4)c4ccc5c(c4)C(C)(C)c4ccccc4-5)c32)cc1. The number of anilines is 2. The minimum Gasteiger partial charge on any atom is -0.376 e. The summed E-state index contributed by atoms with van der Waals surface area (Å²) in [5.74, 6) is 0. The second kappa shape index (κ2) is 14.4. The highest BCUT2D eigenvalue weighted by molar-refractivity contribution is 5.93. The van der Waals surface area contributed by atoms with Crippen molar-refractivity contribution in [2.45, 2.75) is 96.0 Å². The molecule has 0 bridgehead atoms. The summed E-state index contributed by atoms with van der Waals surface area (Å²) in [4.78, 5) is 2.43. The Morgan fingerprint density at radius 1 is 0.508 bits per heavy atom. The summed E-state index contributed by atoms with van der Waals surface area (Å²) in [5, 5.41) is 14.4. The lowest BCUT2D eigenvalue weighted by atomic mass is 9.75. The van der Waals surface area contributed by atoms with Crippen molar-refractivity contribution in [3.05, 3.63) is 226 Å². The van der Waals surface area contributed by atoms with Crippen molar-refractivity contribution in [2.24, 2.45) is 0 Å². The maximum absolute atomic E-state index is 14.4. The van der Waals surface area contributed by atoms with Crippen LogP contribution in [0.5, 0.6) is 0 Å². The molecular formula is C61H59NO. The summed E-state index contributed by atoms with van der Waals surface area (Å²) >= 11 is 0. The molecule has 7 aromatic carbocycles. The van der Waals surface area contributed by atoms with Gasteiger partial charge in [-0.2, -0.15) is 0 Å². The van der Waals surface area contributed by atoms with Crippen LogP contribution in [0, 0.1) is 0 Å². The highest BCUT2D eigenvalue weighted by Crippen LogP contribution is 2.58. The van der Waals surface area contributed by atoms with Crippen LogP contribution in [0.4, 0.5) is 11.4 Å². The molecule has 2 nitrogen and oxygen atoms in total. The minimum absolute atomic E-state index is 0.0215. The second-order valence-corrected chi connectivity index (χ2v) is 21.0. The fourth-order valence-corrected chi connectivity index (χ4v) is 10.7. The molecule has 0 spiro atoms. The van der Waals surface area contributed by atoms with Crippen molar-refractivity contribution in [3.63, 3.8) is 0 Å². The van der Waals surface area contributed by atoms with Gasteiger partial charge in [0.2, 0.25) is 0 Å². The van der Waals surface area contributed by atoms with Gasteiger partial charge in [0.15, 0.2) is 0 Å². The Hall–Kier alpha value is -6.22. The lowest BCUT2D eigenvalue weighted by Gasteiger charge is -2.37. The second-order valence-electron chi connectivity index (χ2n) is 21.0. The molecule has 0 heterocycles. The lowest BCUT2D eigenvalue weighted by Crippen LogP contribution is -2.31. The molecule has 63 heavy (non-hydrogen) atoms. The summed E-state index contributed by atoms with van der Waals surface area (Å²) in [6.07, 6.45) is 7.94. The summed E-state index contributed by atoms with van der Waals surface area (Å²) in [7, 11) is 0. The maximum Gasteiger partial charge on any atom is 0.144 e. The Bertz CT molecular complexity index is 2990. The molecule has 2 unspecified atom stereocenters. The van der Waals surface area contributed by atoms with E-state index in [-0.39, 0.29) is 21.7 Å². The molecule has 0 saturated carbocycles. The van der Waals surface area contributed by atoms with E-state index in [1.54, 1.807) is 0 Å². The maximum atomic E-state index is 14.4. The van der Waals surface area contributed by atoms with Gasteiger partial charge in [-0.25, -0.2) is 0 Å². The number of aliphatic hydroxyl groups is 1. The molecule has 0 amide bonds. The van der Waals surface area contributed by atoms with Gasteiger partial charge in [0.25, 0.3) is 0 Å². The van der Waals surface area contributed by atoms with Crippen molar-refractivity contribution in [1.29, 1.82) is 0 Å². The van der Waals surface area contributed by atoms with Crippen LogP contribution in [0.3, 0.4) is 0 Å². The first-order chi connectivity index (χ1) is 30.0. The molecule has 2 heteroatoms. The highest BCUT2D eigenvalue weighted by atomic mass is 16.3. The van der Waals surface area contributed by atoms with Gasteiger partial charge in [-0.3, -0.25) is 0 Å². The van der Waals surface area contributed by atoms with E-state index in [0.717, 1.165) is 62.4 Å². The van der Waals surface area contributed by atoms with E-state index in [4.69, 9.17) is 0 Å². The summed E-state index contributed by atoms with van der Waals surface area (Å²) in [6, 6.07) is 57.6. The number of fused-ring (bicyclic) bond motifs is 6. The van der Waals surface area contributed by atoms with E-state index < -0.39 is 5.60 Å². The summed E-state index contributed by atoms with van der Waals surface area (Å²) in [6.45, 7) is 20.6. The standard InChI is InChI=1S/C61H59NO/c1-57(2,3)41-28-26-40(27-29-41)46-32-30-43(58(4,5)6)38-54(46)61(63)52-24-16-14-21-48(52)50-22-17-25-55(56(50)61)62(44-34-36-60(9,37-35-44)42-18-11-10-12-19-42)45-31-33-49-47-20-13-15-23-51(47)59(7,8)53(49)39-45/h10-36,38-39,63H,37H2,1-9H3. The Balaban J connectivity index is 1.23. The number of rotatable bonds is 6. The topological polar surface area (TPSA) is 23.5 Å². The van der Waals surface area contributed by atoms with Gasteiger partial charge in [-0.1, -0.05) is 214 Å². The van der Waals surface area contributed by atoms with Crippen LogP contribution >= 0.6 is 0 Å². The molecule has 10 rings (SSSR count). The normalized spacial score (nSPS) is 19.5. The predicted octanol–water partition coefficient (Wildman–Crippen LogP) is 15.5. The molecule has 7 aromatic rings. The Morgan fingerprint density at radius 2 is 1.10 bits per heavy atom. The van der Waals surface area contributed by atoms with Crippen LogP contribution in [0.15, 0.2) is 182 Å². The third-order valence-electron chi connectivity index (χ3n) is 14.5. The van der Waals surface area contributed by atoms with Gasteiger partial charge in [0, 0.05) is 38.9 Å². The molecule has 0 fully saturated rings. The van der Waals surface area contributed by atoms with Gasteiger partial charge in [-0.15, -0.1) is 0 Å². The van der Waals surface area contributed by atoms with E-state index in [2.05, 4.69) is 243 Å². The molecule has 1 N–H and O–H groups in total. The molecule has 0 aliphatic heterocycles. The highest BCUT2D eigenvalue weighted by Gasteiger charge is 2.48. The first-order valence-corrected chi connectivity index (χ1v) is 22.7. The summed E-state index contributed by atoms with van der Waals surface area (Å²) in [5.41, 5.74) is 17.1. The van der Waals surface area contributed by atoms with Gasteiger partial charge >= 0.3 is 0 Å². The molecule has 0 radical (unpaired) electrons. The zero-order valence-corrected chi connectivity index (χ0v) is 38.3. The predicted molar refractivity (Wildman–Crippen MR) is 265 cm³/mol. The lowest BCUT2D eigenvalue weighted by molar-refractivity contribution is 0.131. The van der Waals surface area contributed by atoms with E-state index in [9.17, 15) is 5.11 Å². The zero-order chi connectivity index (χ0) is 44.1. The van der Waals surface area contributed by atoms with E-state index in [1.807, 2.05) is 0 Å². The van der Waals surface area contributed by atoms with Crippen LogP contribution in [0.1, 0.15) is 113 Å². The Morgan fingerprint density at radius 3 is 1.76 bits per heavy atom. The number of nitrogens with zero attached hydrogens (tertiary/aromatic N) is 1. The van der Waals surface area contributed by atoms with Crippen molar-refractivity contribution >= 4 is 11.4 Å². The largest absolute Gasteiger partial charge is 0.376 e. The third-order valence-corrected chi connectivity index (χ3v) is 14.5. The first-order valence-electron chi connectivity index (χ1n) is 22.7. The van der Waals surface area contributed by atoms with E-state index in [1.165, 1.54) is 38.9 Å². The number of benzene rings is 7. The Labute approximate surface area is 375 Å². The van der Waals surface area contributed by atoms with Crippen LogP contribution in [-0.2, 0) is 27.3 Å². The van der Waals surface area contributed by atoms with Crippen molar-refractivity contribution in [1.82, 2.24) is 0 Å². The average molecular weight is 822 g/mol. The van der Waals surface area contributed by atoms with Crippen LogP contribution in [0.25, 0.3) is 33.4 Å². The van der Waals surface area contributed by atoms with Gasteiger partial charge < -0.3 is 10.0 Å². The molecule has 0 aromatic heterocycles. The van der Waals surface area contributed by atoms with Crippen molar-refractivity contribution in [2.75, 3.05) is 4.90 Å². The van der Waals surface area contributed by atoms with E-state index in [0.29, 0.717) is 0 Å². The van der Waals surface area contributed by atoms with Crippen LogP contribution in [-0.4, -0.2) is 5.11 Å². The number of hydrogen-bond acceptors (Lipinski definition) is 2. The van der Waals surface area contributed by atoms with Gasteiger partial charge in [-0.05, 0) is 103 Å². The average Bonchev–Trinajstić information content (AvgIpc) is 3.68. The molecule has 314 valence electrons. The van der Waals surface area contributed by atoms with Crippen LogP contribution < -0.4 is 4.90 Å². The minimum atomic E-state index is -1.50. The monoisotopic (exact) mass is 821 g/mol. The zero-order valence-electron chi connectivity index (χ0n) is 38.3. The molecule has 2 atom stereocenters. The first kappa shape index (κ1) is 40.8. The van der Waals surface area contributed by atoms with E-state index >= 15 is 0 Å². The quantitative estimate of drug-likeness (QED) is 0.181. The van der Waals surface area contributed by atoms with Gasteiger partial charge in [0.1, 0.15) is 5.60 Å². The van der Waals surface area contributed by atoms with Crippen LogP contribution in [0.2, 0.25) is 0 Å². The fourth-order valence-electron chi connectivity index (χ4n) is 10.7. The molecule has 0 saturated heterocycles. The molecule has 3 aliphatic rings. The summed E-state index contributed by atoms with van der Waals surface area (Å²) < 4.78 is 0. The number of allylic oxidation sites excluding steroid dienone is 3. The van der Waals surface area contributed by atoms with Gasteiger partial charge in [0.05, 0.1) is 5.69 Å². The Kier molecular flexibility index (Phi) is 9.34. The number of hydrogen-bond donors (Lipinski definition) is 1. The van der Waals surface area contributed by atoms with Crippen molar-refractivity contribution in [3.8, 4) is 33.4 Å². The fraction of sp³-hybridized carbons (Fsp3) is 0.246. The smallest absolute Gasteiger partial charge is 0.144 e. The molecule has 3 aliphatic carbocycles. The third kappa shape index (κ3) is 6.48. The van der Waals surface area contributed by atoms with Crippen molar-refractivity contribution < 1.29 is 5.11 Å². The molecular weight excluding hydrogens is 763 g/mol.